The van der Waals surface area contributed by atoms with Gasteiger partial charge in [-0.3, -0.25) is 0 Å². The van der Waals surface area contributed by atoms with E-state index in [0.717, 1.165) is 5.92 Å². The first kappa shape index (κ1) is 9.34. The van der Waals surface area contributed by atoms with Gasteiger partial charge in [0.25, 0.3) is 0 Å². The second-order valence-corrected chi connectivity index (χ2v) is 5.39. The lowest BCUT2D eigenvalue weighted by molar-refractivity contribution is 0.419. The Hall–Kier alpha value is 0.247. The van der Waals surface area contributed by atoms with Gasteiger partial charge in [0.05, 0.1) is 0 Å². The molecule has 1 aliphatic rings. The Morgan fingerprint density at radius 1 is 1.27 bits per heavy atom. The molecule has 1 saturated carbocycles. The number of halogens is 1. The number of hydrogen-bond acceptors (Lipinski definition) is 0. The zero-order valence-electron chi connectivity index (χ0n) is 7.06. The summed E-state index contributed by atoms with van der Waals surface area (Å²) in [5, 5.41) is 0. The summed E-state index contributed by atoms with van der Waals surface area (Å²) >= 11 is 5.71. The summed E-state index contributed by atoms with van der Waals surface area (Å²) in [6, 6.07) is 1.18. The number of allylic oxidation sites excluding steroid dienone is 2. The lowest BCUT2D eigenvalue weighted by Gasteiger charge is -2.17. The third kappa shape index (κ3) is 3.97. The molecule has 1 rings (SSSR count). The first-order chi connectivity index (χ1) is 5.43. The highest BCUT2D eigenvalue weighted by atomic mass is 35.6. The van der Waals surface area contributed by atoms with Crippen molar-refractivity contribution in [2.24, 2.45) is 5.92 Å². The summed E-state index contributed by atoms with van der Waals surface area (Å²) in [4.78, 5) is 0. The van der Waals surface area contributed by atoms with E-state index in [1.54, 1.807) is 0 Å². The van der Waals surface area contributed by atoms with Gasteiger partial charge in [0.1, 0.15) is 8.83 Å². The molecule has 0 saturated heterocycles. The predicted molar refractivity (Wildman–Crippen MR) is 54.9 cm³/mol. The first-order valence-corrected chi connectivity index (χ1v) is 7.80. The molecule has 0 nitrogen and oxygen atoms in total. The first-order valence-electron chi connectivity index (χ1n) is 4.66. The molecule has 0 atom stereocenters. The third-order valence-corrected chi connectivity index (χ3v) is 3.54. The topological polar surface area (TPSA) is 0 Å². The van der Waals surface area contributed by atoms with Gasteiger partial charge in [-0.2, -0.15) is 11.1 Å². The van der Waals surface area contributed by atoms with Gasteiger partial charge >= 0.3 is 0 Å². The van der Waals surface area contributed by atoms with Crippen molar-refractivity contribution >= 4 is 19.9 Å². The Kier molecular flexibility index (Phi) is 4.96. The Morgan fingerprint density at radius 3 is 2.64 bits per heavy atom. The fourth-order valence-electron chi connectivity index (χ4n) is 1.68. The van der Waals surface area contributed by atoms with Crippen LogP contribution in [0.2, 0.25) is 6.04 Å². The molecular weight excluding hydrogens is 172 g/mol. The largest absolute Gasteiger partial charge is 0.176 e. The van der Waals surface area contributed by atoms with E-state index in [2.05, 4.69) is 12.2 Å². The van der Waals surface area contributed by atoms with E-state index in [1.165, 1.54) is 38.1 Å². The highest BCUT2D eigenvalue weighted by Gasteiger charge is 2.08. The fourth-order valence-corrected chi connectivity index (χ4v) is 2.37. The van der Waals surface area contributed by atoms with Gasteiger partial charge in [0.2, 0.25) is 0 Å². The monoisotopic (exact) mass is 188 g/mol. The van der Waals surface area contributed by atoms with Crippen molar-refractivity contribution < 1.29 is 0 Å². The van der Waals surface area contributed by atoms with Gasteiger partial charge in [0, 0.05) is 0 Å². The number of rotatable bonds is 3. The van der Waals surface area contributed by atoms with Crippen LogP contribution in [0.25, 0.3) is 0 Å². The lowest BCUT2D eigenvalue weighted by atomic mass is 9.89. The molecular formula is C9H17ClSi. The molecule has 0 spiro atoms. The van der Waals surface area contributed by atoms with Gasteiger partial charge in [0.15, 0.2) is 0 Å². The Bertz CT molecular complexity index is 117. The second kappa shape index (κ2) is 5.84. The van der Waals surface area contributed by atoms with Gasteiger partial charge in [-0.25, -0.2) is 0 Å². The maximum atomic E-state index is 5.71. The van der Waals surface area contributed by atoms with Crippen molar-refractivity contribution in [3.05, 3.63) is 12.2 Å². The minimum atomic E-state index is -0.247. The van der Waals surface area contributed by atoms with Gasteiger partial charge < -0.3 is 0 Å². The van der Waals surface area contributed by atoms with E-state index in [-0.39, 0.29) is 8.83 Å². The van der Waals surface area contributed by atoms with Crippen LogP contribution in [-0.2, 0) is 0 Å². The lowest BCUT2D eigenvalue weighted by Crippen LogP contribution is -2.02. The SMILES string of the molecule is Cl[SiH2]CC=CC1CCCCC1. The van der Waals surface area contributed by atoms with Crippen molar-refractivity contribution in [3.8, 4) is 0 Å². The minimum Gasteiger partial charge on any atom is -0.176 e. The Morgan fingerprint density at radius 2 is 2.00 bits per heavy atom. The van der Waals surface area contributed by atoms with Crippen LogP contribution in [0.5, 0.6) is 0 Å². The quantitative estimate of drug-likeness (QED) is 0.363. The highest BCUT2D eigenvalue weighted by Crippen LogP contribution is 2.24. The summed E-state index contributed by atoms with van der Waals surface area (Å²) in [5.41, 5.74) is 0. The van der Waals surface area contributed by atoms with Gasteiger partial charge in [-0.1, -0.05) is 31.4 Å². The summed E-state index contributed by atoms with van der Waals surface area (Å²) in [6.45, 7) is 0. The van der Waals surface area contributed by atoms with E-state index >= 15 is 0 Å². The van der Waals surface area contributed by atoms with Crippen LogP contribution >= 0.6 is 11.1 Å². The van der Waals surface area contributed by atoms with E-state index < -0.39 is 0 Å². The molecule has 0 aliphatic heterocycles. The van der Waals surface area contributed by atoms with Crippen molar-refractivity contribution in [3.63, 3.8) is 0 Å². The average molecular weight is 189 g/mol. The van der Waals surface area contributed by atoms with Crippen molar-refractivity contribution in [1.82, 2.24) is 0 Å². The Balaban J connectivity index is 2.13. The highest BCUT2D eigenvalue weighted by molar-refractivity contribution is 6.93. The summed E-state index contributed by atoms with van der Waals surface area (Å²) in [7, 11) is -0.247. The molecule has 0 heterocycles. The van der Waals surface area contributed by atoms with Crippen LogP contribution in [0.1, 0.15) is 32.1 Å². The number of hydrogen-bond donors (Lipinski definition) is 0. The molecule has 0 aromatic heterocycles. The minimum absolute atomic E-state index is 0.247. The molecule has 64 valence electrons. The van der Waals surface area contributed by atoms with Crippen LogP contribution in [-0.4, -0.2) is 8.83 Å². The molecule has 2 heteroatoms. The average Bonchev–Trinajstić information content (AvgIpc) is 2.07. The van der Waals surface area contributed by atoms with Crippen LogP contribution in [0, 0.1) is 5.92 Å². The van der Waals surface area contributed by atoms with Crippen LogP contribution < -0.4 is 0 Å². The molecule has 0 aromatic rings. The predicted octanol–water partition coefficient (Wildman–Crippen LogP) is 2.86. The molecule has 0 unspecified atom stereocenters. The summed E-state index contributed by atoms with van der Waals surface area (Å²) in [6.07, 6.45) is 11.9. The molecule has 0 bridgehead atoms. The van der Waals surface area contributed by atoms with Crippen molar-refractivity contribution in [2.75, 3.05) is 0 Å². The molecule has 0 aromatic carbocycles. The fraction of sp³-hybridized carbons (Fsp3) is 0.778. The smallest absolute Gasteiger partial charge is 0.129 e. The standard InChI is InChI=1S/C9H17ClSi/c10-11-8-4-7-9-5-2-1-3-6-9/h4,7,9H,1-3,5-6,8,11H2. The van der Waals surface area contributed by atoms with Crippen molar-refractivity contribution in [1.29, 1.82) is 0 Å². The van der Waals surface area contributed by atoms with Crippen LogP contribution in [0.4, 0.5) is 0 Å². The van der Waals surface area contributed by atoms with Gasteiger partial charge in [-0.15, -0.1) is 0 Å². The molecule has 1 aliphatic carbocycles. The van der Waals surface area contributed by atoms with Crippen LogP contribution in [0.15, 0.2) is 12.2 Å². The zero-order valence-corrected chi connectivity index (χ0v) is 9.23. The van der Waals surface area contributed by atoms with Gasteiger partial charge in [-0.05, 0) is 24.8 Å². The van der Waals surface area contributed by atoms with Crippen LogP contribution in [0.3, 0.4) is 0 Å². The molecule has 0 radical (unpaired) electrons. The van der Waals surface area contributed by atoms with E-state index in [4.69, 9.17) is 11.1 Å². The molecule has 11 heavy (non-hydrogen) atoms. The van der Waals surface area contributed by atoms with E-state index in [0.29, 0.717) is 0 Å². The second-order valence-electron chi connectivity index (χ2n) is 3.30. The summed E-state index contributed by atoms with van der Waals surface area (Å²) in [5.74, 6) is 0.890. The van der Waals surface area contributed by atoms with E-state index in [1.807, 2.05) is 0 Å². The summed E-state index contributed by atoms with van der Waals surface area (Å²) < 4.78 is 0. The maximum Gasteiger partial charge on any atom is 0.129 e. The zero-order chi connectivity index (χ0) is 7.94. The normalized spacial score (nSPS) is 22.3. The Labute approximate surface area is 76.5 Å². The molecule has 1 fully saturated rings. The third-order valence-electron chi connectivity index (χ3n) is 2.33. The van der Waals surface area contributed by atoms with Crippen molar-refractivity contribution in [2.45, 2.75) is 38.1 Å². The maximum absolute atomic E-state index is 5.71. The molecule has 0 N–H and O–H groups in total. The molecule has 0 amide bonds. The van der Waals surface area contributed by atoms with E-state index in [9.17, 15) is 0 Å².